The molecule has 0 bridgehead atoms. The van der Waals surface area contributed by atoms with Crippen molar-refractivity contribution >= 4 is 11.0 Å². The molecule has 0 aliphatic carbocycles. The van der Waals surface area contributed by atoms with Crippen LogP contribution in [0.25, 0.3) is 33.9 Å². The van der Waals surface area contributed by atoms with Crippen LogP contribution in [0.5, 0.6) is 0 Å². The van der Waals surface area contributed by atoms with Gasteiger partial charge in [-0.1, -0.05) is 10.4 Å². The van der Waals surface area contributed by atoms with Gasteiger partial charge in [0.05, 0.1) is 11.1 Å². The van der Waals surface area contributed by atoms with Gasteiger partial charge in [0, 0.05) is 18.2 Å². The third-order valence-corrected chi connectivity index (χ3v) is 3.75. The second kappa shape index (κ2) is 5.40. The minimum atomic E-state index is -4.38. The molecule has 0 spiro atoms. The fourth-order valence-electron chi connectivity index (χ4n) is 2.44. The van der Waals surface area contributed by atoms with Crippen molar-refractivity contribution in [1.29, 1.82) is 0 Å². The van der Waals surface area contributed by atoms with Crippen LogP contribution in [0, 0.1) is 0 Å². The number of halogens is 3. The summed E-state index contributed by atoms with van der Waals surface area (Å²) in [5, 5.41) is 11.8. The van der Waals surface area contributed by atoms with E-state index in [0.717, 1.165) is 17.6 Å². The first kappa shape index (κ1) is 15.3. The highest BCUT2D eigenvalue weighted by Crippen LogP contribution is 2.31. The van der Waals surface area contributed by atoms with E-state index >= 15 is 0 Å². The Morgan fingerprint density at radius 2 is 1.72 bits per heavy atom. The van der Waals surface area contributed by atoms with Gasteiger partial charge >= 0.3 is 6.18 Å². The minimum absolute atomic E-state index is 0.142. The van der Waals surface area contributed by atoms with Gasteiger partial charge in [-0.05, 0) is 42.5 Å². The Labute approximate surface area is 138 Å². The summed E-state index contributed by atoms with van der Waals surface area (Å²) in [4.78, 5) is 4.24. The molecule has 0 unspecified atom stereocenters. The first-order valence-corrected chi connectivity index (χ1v) is 7.23. The van der Waals surface area contributed by atoms with E-state index in [-0.39, 0.29) is 5.89 Å². The maximum Gasteiger partial charge on any atom is 0.416 e. The molecule has 4 rings (SSSR count). The monoisotopic (exact) mass is 345 g/mol. The van der Waals surface area contributed by atoms with E-state index in [4.69, 9.17) is 4.52 Å². The summed E-state index contributed by atoms with van der Waals surface area (Å²) < 4.78 is 44.6. The average molecular weight is 345 g/mol. The summed E-state index contributed by atoms with van der Waals surface area (Å²) >= 11 is 0. The lowest BCUT2D eigenvalue weighted by atomic mass is 10.1. The standard InChI is InChI=1S/C16H10F3N5O/c1-24-13-7-4-10(8-12(13)21-23-24)14-20-15(25-22-14)9-2-5-11(6-3-9)16(17,18)19/h2-8H,1H3. The quantitative estimate of drug-likeness (QED) is 0.554. The molecule has 0 aliphatic rings. The molecule has 9 heteroatoms. The van der Waals surface area contributed by atoms with Gasteiger partial charge in [0.15, 0.2) is 0 Å². The maximum atomic E-state index is 12.6. The van der Waals surface area contributed by atoms with Gasteiger partial charge in [-0.15, -0.1) is 5.10 Å². The molecule has 4 aromatic rings. The number of alkyl halides is 3. The van der Waals surface area contributed by atoms with E-state index in [0.29, 0.717) is 22.5 Å². The van der Waals surface area contributed by atoms with Crippen molar-refractivity contribution < 1.29 is 17.7 Å². The summed E-state index contributed by atoms with van der Waals surface area (Å²) in [6.07, 6.45) is -4.38. The number of nitrogens with zero attached hydrogens (tertiary/aromatic N) is 5. The van der Waals surface area contributed by atoms with Gasteiger partial charge in [-0.2, -0.15) is 18.2 Å². The summed E-state index contributed by atoms with van der Waals surface area (Å²) in [7, 11) is 1.78. The largest absolute Gasteiger partial charge is 0.416 e. The Kier molecular flexibility index (Phi) is 3.31. The second-order valence-electron chi connectivity index (χ2n) is 5.41. The Morgan fingerprint density at radius 1 is 1.00 bits per heavy atom. The fraction of sp³-hybridized carbons (Fsp3) is 0.125. The van der Waals surface area contributed by atoms with Gasteiger partial charge in [0.25, 0.3) is 5.89 Å². The van der Waals surface area contributed by atoms with E-state index in [1.54, 1.807) is 23.9 Å². The molecule has 0 fully saturated rings. The molecule has 6 nitrogen and oxygen atoms in total. The first-order chi connectivity index (χ1) is 11.9. The number of aryl methyl sites for hydroxylation is 1. The SMILES string of the molecule is Cn1nnc2cc(-c3noc(-c4ccc(C(F)(F)F)cc4)n3)ccc21. The molecule has 0 aliphatic heterocycles. The van der Waals surface area contributed by atoms with Gasteiger partial charge in [0.1, 0.15) is 5.52 Å². The van der Waals surface area contributed by atoms with Crippen LogP contribution in [-0.4, -0.2) is 25.1 Å². The molecule has 2 aromatic heterocycles. The summed E-state index contributed by atoms with van der Waals surface area (Å²) in [5.74, 6) is 0.463. The predicted molar refractivity (Wildman–Crippen MR) is 82.2 cm³/mol. The average Bonchev–Trinajstić information content (AvgIpc) is 3.21. The Balaban J connectivity index is 1.67. The van der Waals surface area contributed by atoms with Gasteiger partial charge < -0.3 is 4.52 Å². The second-order valence-corrected chi connectivity index (χ2v) is 5.41. The normalized spacial score (nSPS) is 12.0. The van der Waals surface area contributed by atoms with Gasteiger partial charge in [0.2, 0.25) is 5.82 Å². The summed E-state index contributed by atoms with van der Waals surface area (Å²) in [5.41, 5.74) is 1.89. The molecule has 0 saturated carbocycles. The van der Waals surface area contributed by atoms with Crippen LogP contribution in [0.1, 0.15) is 5.56 Å². The lowest BCUT2D eigenvalue weighted by Crippen LogP contribution is -2.03. The molecule has 0 atom stereocenters. The predicted octanol–water partition coefficient (Wildman–Crippen LogP) is 3.70. The molecule has 0 saturated heterocycles. The highest BCUT2D eigenvalue weighted by Gasteiger charge is 2.30. The molecule has 0 radical (unpaired) electrons. The first-order valence-electron chi connectivity index (χ1n) is 7.23. The van der Waals surface area contributed by atoms with Crippen LogP contribution in [0.4, 0.5) is 13.2 Å². The maximum absolute atomic E-state index is 12.6. The van der Waals surface area contributed by atoms with E-state index in [9.17, 15) is 13.2 Å². The highest BCUT2D eigenvalue weighted by molar-refractivity contribution is 5.80. The topological polar surface area (TPSA) is 69.6 Å². The van der Waals surface area contributed by atoms with Crippen molar-refractivity contribution in [3.63, 3.8) is 0 Å². The van der Waals surface area contributed by atoms with Crippen molar-refractivity contribution in [1.82, 2.24) is 25.1 Å². The van der Waals surface area contributed by atoms with E-state index < -0.39 is 11.7 Å². The summed E-state index contributed by atoms with van der Waals surface area (Å²) in [6.45, 7) is 0. The van der Waals surface area contributed by atoms with Crippen molar-refractivity contribution in [2.24, 2.45) is 7.05 Å². The molecular weight excluding hydrogens is 335 g/mol. The summed E-state index contributed by atoms with van der Waals surface area (Å²) in [6, 6.07) is 9.95. The lowest BCUT2D eigenvalue weighted by molar-refractivity contribution is -0.137. The molecule has 2 heterocycles. The van der Waals surface area contributed by atoms with Crippen LogP contribution < -0.4 is 0 Å². The highest BCUT2D eigenvalue weighted by atomic mass is 19.4. The zero-order chi connectivity index (χ0) is 17.6. The van der Waals surface area contributed by atoms with Crippen molar-refractivity contribution in [3.05, 3.63) is 48.0 Å². The van der Waals surface area contributed by atoms with Gasteiger partial charge in [-0.25, -0.2) is 4.68 Å². The number of hydrogen-bond donors (Lipinski definition) is 0. The van der Waals surface area contributed by atoms with Crippen LogP contribution in [0.3, 0.4) is 0 Å². The van der Waals surface area contributed by atoms with Crippen LogP contribution in [0.15, 0.2) is 47.0 Å². The zero-order valence-electron chi connectivity index (χ0n) is 12.8. The van der Waals surface area contributed by atoms with Crippen LogP contribution in [-0.2, 0) is 13.2 Å². The number of fused-ring (bicyclic) bond motifs is 1. The molecule has 2 aromatic carbocycles. The van der Waals surface area contributed by atoms with E-state index in [1.807, 2.05) is 6.07 Å². The minimum Gasteiger partial charge on any atom is -0.334 e. The Bertz CT molecular complexity index is 1050. The van der Waals surface area contributed by atoms with Gasteiger partial charge in [-0.3, -0.25) is 0 Å². The molecular formula is C16H10F3N5O. The molecule has 0 N–H and O–H groups in total. The van der Waals surface area contributed by atoms with Crippen molar-refractivity contribution in [2.45, 2.75) is 6.18 Å². The number of aromatic nitrogens is 5. The smallest absolute Gasteiger partial charge is 0.334 e. The fourth-order valence-corrected chi connectivity index (χ4v) is 2.44. The third-order valence-electron chi connectivity index (χ3n) is 3.75. The van der Waals surface area contributed by atoms with Crippen LogP contribution >= 0.6 is 0 Å². The number of rotatable bonds is 2. The Hall–Kier alpha value is -3.23. The van der Waals surface area contributed by atoms with Crippen molar-refractivity contribution in [2.75, 3.05) is 0 Å². The van der Waals surface area contributed by atoms with Crippen LogP contribution in [0.2, 0.25) is 0 Å². The zero-order valence-corrected chi connectivity index (χ0v) is 12.8. The molecule has 0 amide bonds. The van der Waals surface area contributed by atoms with Crippen molar-refractivity contribution in [3.8, 4) is 22.8 Å². The van der Waals surface area contributed by atoms with E-state index in [1.165, 1.54) is 12.1 Å². The molecule has 126 valence electrons. The third kappa shape index (κ3) is 2.73. The Morgan fingerprint density at radius 3 is 2.44 bits per heavy atom. The lowest BCUT2D eigenvalue weighted by Gasteiger charge is -2.05. The number of hydrogen-bond acceptors (Lipinski definition) is 5. The molecule has 25 heavy (non-hydrogen) atoms. The number of benzene rings is 2. The van der Waals surface area contributed by atoms with E-state index in [2.05, 4.69) is 20.5 Å².